The van der Waals surface area contributed by atoms with Gasteiger partial charge in [0.2, 0.25) is 0 Å². The van der Waals surface area contributed by atoms with Gasteiger partial charge in [0.25, 0.3) is 0 Å². The van der Waals surface area contributed by atoms with Crippen LogP contribution in [0.3, 0.4) is 0 Å². The van der Waals surface area contributed by atoms with E-state index in [1.54, 1.807) is 0 Å². The highest BCUT2D eigenvalue weighted by atomic mass is 14.9. The maximum atomic E-state index is 10.2. The molecule has 0 saturated heterocycles. The molecule has 0 saturated carbocycles. The van der Waals surface area contributed by atoms with Crippen molar-refractivity contribution in [1.82, 2.24) is 19.9 Å². The van der Waals surface area contributed by atoms with Crippen LogP contribution in [0.25, 0.3) is 172 Å². The third-order valence-corrected chi connectivity index (χ3v) is 21.8. The lowest BCUT2D eigenvalue weighted by Crippen LogP contribution is -2.14. The minimum atomic E-state index is -0.202. The zero-order valence-electron chi connectivity index (χ0n) is 60.2. The molecule has 0 spiro atoms. The van der Waals surface area contributed by atoms with E-state index in [2.05, 4.69) is 342 Å². The zero-order chi connectivity index (χ0) is 73.0. The first kappa shape index (κ1) is 65.9. The monoisotopic (exact) mass is 1380 g/mol. The van der Waals surface area contributed by atoms with Gasteiger partial charge in [0.05, 0.1) is 41.0 Å². The summed E-state index contributed by atoms with van der Waals surface area (Å²) in [6, 6.07) is 126. The average molecular weight is 1380 g/mol. The predicted octanol–water partition coefficient (Wildman–Crippen LogP) is 26.6. The molecule has 108 heavy (non-hydrogen) atoms. The van der Waals surface area contributed by atoms with Crippen LogP contribution in [0.5, 0.6) is 0 Å². The summed E-state index contributed by atoms with van der Waals surface area (Å²) < 4.78 is 0. The molecule has 0 N–H and O–H groups in total. The fourth-order valence-corrected chi connectivity index (χ4v) is 16.2. The third-order valence-electron chi connectivity index (χ3n) is 21.8. The summed E-state index contributed by atoms with van der Waals surface area (Å²) in [7, 11) is 0. The van der Waals surface area contributed by atoms with E-state index in [0.717, 1.165) is 134 Å². The molecule has 6 nitrogen and oxygen atoms in total. The highest BCUT2D eigenvalue weighted by Gasteiger charge is 2.39. The van der Waals surface area contributed by atoms with E-state index >= 15 is 0 Å². The van der Waals surface area contributed by atoms with Gasteiger partial charge >= 0.3 is 0 Å². The van der Waals surface area contributed by atoms with Crippen LogP contribution < -0.4 is 0 Å². The SMILES string of the molecule is CC1(C)c2cccc(C#N)c2-c2c(-c3cccc(-c4cccc(-c5nc(-c6ccc7ccccc7c6)cc(-c6ccc7ccccc7c6)n5)c4)c3)cccc21.[C-]#[N+]c1cccc2c1-c1cc(-c3cccc(-c4cccc(-c5cc(-c6ccccc6)nc(-c6ccc(-c7ccccc7)cc6)n5)c4)c3)ccc1C2(C)C. The van der Waals surface area contributed by atoms with Crippen LogP contribution in [-0.2, 0) is 10.8 Å². The van der Waals surface area contributed by atoms with E-state index in [0.29, 0.717) is 17.3 Å². The van der Waals surface area contributed by atoms with E-state index in [-0.39, 0.29) is 10.8 Å². The smallest absolute Gasteiger partial charge is 0.195 e. The number of rotatable bonds is 11. The van der Waals surface area contributed by atoms with Gasteiger partial charge in [-0.3, -0.25) is 0 Å². The molecule has 0 bridgehead atoms. The second kappa shape index (κ2) is 27.2. The lowest BCUT2D eigenvalue weighted by Gasteiger charge is -2.21. The van der Waals surface area contributed by atoms with Crippen LogP contribution >= 0.6 is 0 Å². The molecule has 2 aliphatic rings. The molecule has 508 valence electrons. The molecule has 19 rings (SSSR count). The molecule has 0 unspecified atom stereocenters. The van der Waals surface area contributed by atoms with E-state index in [1.807, 2.05) is 48.5 Å². The van der Waals surface area contributed by atoms with Gasteiger partial charge < -0.3 is 0 Å². The van der Waals surface area contributed by atoms with Crippen LogP contribution in [0.2, 0.25) is 0 Å². The molecule has 2 aromatic heterocycles. The summed E-state index contributed by atoms with van der Waals surface area (Å²) in [6.07, 6.45) is 0. The summed E-state index contributed by atoms with van der Waals surface area (Å²) in [4.78, 5) is 24.5. The Morgan fingerprint density at radius 1 is 0.259 bits per heavy atom. The topological polar surface area (TPSA) is 79.7 Å². The molecular weight excluding hydrogens is 1310 g/mol. The van der Waals surface area contributed by atoms with Crippen molar-refractivity contribution in [3.8, 4) is 152 Å². The van der Waals surface area contributed by atoms with Gasteiger partial charge in [-0.2, -0.15) is 5.26 Å². The van der Waals surface area contributed by atoms with E-state index in [1.165, 1.54) is 49.4 Å². The predicted molar refractivity (Wildman–Crippen MR) is 445 cm³/mol. The van der Waals surface area contributed by atoms with Crippen LogP contribution in [0.15, 0.2) is 352 Å². The number of hydrogen-bond acceptors (Lipinski definition) is 5. The molecule has 0 amide bonds. The van der Waals surface area contributed by atoms with Gasteiger partial charge in [-0.15, -0.1) is 0 Å². The van der Waals surface area contributed by atoms with Crippen LogP contribution in [0, 0.1) is 17.9 Å². The highest BCUT2D eigenvalue weighted by Crippen LogP contribution is 2.55. The van der Waals surface area contributed by atoms with Gasteiger partial charge in [0, 0.05) is 49.8 Å². The van der Waals surface area contributed by atoms with Crippen molar-refractivity contribution in [2.75, 3.05) is 0 Å². The molecule has 0 fully saturated rings. The fraction of sp³-hybridized carbons (Fsp3) is 0.0588. The van der Waals surface area contributed by atoms with Crippen molar-refractivity contribution in [1.29, 1.82) is 5.26 Å². The van der Waals surface area contributed by atoms with Gasteiger partial charge in [-0.25, -0.2) is 24.8 Å². The largest absolute Gasteiger partial charge is 0.238 e. The Bertz CT molecular complexity index is 6420. The van der Waals surface area contributed by atoms with Crippen LogP contribution in [0.1, 0.15) is 55.5 Å². The minimum absolute atomic E-state index is 0.154. The summed E-state index contributed by atoms with van der Waals surface area (Å²) in [6.45, 7) is 16.9. The number of nitriles is 1. The molecule has 17 aromatic rings. The number of hydrogen-bond donors (Lipinski definition) is 0. The molecular formula is C102H70N6. The Hall–Kier alpha value is -14.0. The fourth-order valence-electron chi connectivity index (χ4n) is 16.2. The number of aromatic nitrogens is 4. The lowest BCUT2D eigenvalue weighted by molar-refractivity contribution is 0.660. The molecule has 15 aromatic carbocycles. The van der Waals surface area contributed by atoms with E-state index in [4.69, 9.17) is 26.5 Å². The molecule has 0 atom stereocenters. The molecule has 6 heteroatoms. The third kappa shape index (κ3) is 12.1. The maximum absolute atomic E-state index is 10.2. The lowest BCUT2D eigenvalue weighted by atomic mass is 9.82. The molecule has 2 aliphatic carbocycles. The van der Waals surface area contributed by atoms with Gasteiger partial charge in [-0.1, -0.05) is 319 Å². The number of nitrogens with zero attached hydrogens (tertiary/aromatic N) is 6. The summed E-state index contributed by atoms with van der Waals surface area (Å²) in [5.41, 5.74) is 31.3. The Kier molecular flexibility index (Phi) is 16.6. The first-order valence-electron chi connectivity index (χ1n) is 36.6. The average Bonchev–Trinajstić information content (AvgIpc) is 1.56. The Morgan fingerprint density at radius 3 is 1.20 bits per heavy atom. The molecule has 0 radical (unpaired) electrons. The zero-order valence-corrected chi connectivity index (χ0v) is 60.2. The second-order valence-corrected chi connectivity index (χ2v) is 29.1. The van der Waals surface area contributed by atoms with Crippen molar-refractivity contribution >= 4 is 27.2 Å². The normalized spacial score (nSPS) is 12.6. The second-order valence-electron chi connectivity index (χ2n) is 29.1. The Morgan fingerprint density at radius 2 is 0.630 bits per heavy atom. The first-order chi connectivity index (χ1) is 52.9. The van der Waals surface area contributed by atoms with Crippen molar-refractivity contribution in [3.63, 3.8) is 0 Å². The Balaban J connectivity index is 0.000000152. The molecule has 2 heterocycles. The van der Waals surface area contributed by atoms with Crippen molar-refractivity contribution in [2.24, 2.45) is 0 Å². The van der Waals surface area contributed by atoms with Gasteiger partial charge in [0.15, 0.2) is 17.3 Å². The van der Waals surface area contributed by atoms with E-state index in [9.17, 15) is 5.26 Å². The van der Waals surface area contributed by atoms with E-state index < -0.39 is 0 Å². The van der Waals surface area contributed by atoms with Crippen LogP contribution in [-0.4, -0.2) is 19.9 Å². The van der Waals surface area contributed by atoms with Crippen LogP contribution in [0.4, 0.5) is 5.69 Å². The Labute approximate surface area is 629 Å². The minimum Gasteiger partial charge on any atom is -0.238 e. The highest BCUT2D eigenvalue weighted by molar-refractivity contribution is 5.97. The van der Waals surface area contributed by atoms with Crippen molar-refractivity contribution < 1.29 is 0 Å². The quantitative estimate of drug-likeness (QED) is 0.121. The van der Waals surface area contributed by atoms with Crippen molar-refractivity contribution in [3.05, 3.63) is 391 Å². The summed E-state index contributed by atoms with van der Waals surface area (Å²) >= 11 is 0. The summed E-state index contributed by atoms with van der Waals surface area (Å²) in [5, 5.41) is 14.9. The summed E-state index contributed by atoms with van der Waals surface area (Å²) in [5.74, 6) is 1.37. The first-order valence-corrected chi connectivity index (χ1v) is 36.6. The standard InChI is InChI=1S/C52H35N3.C50H35N3/c1-52(2)45-21-9-19-43(32-53)49(45)50-44(20-10-22-46(50)52)39-17-7-15-37(27-39)38-16-8-18-42(30-38)51-54-47(40-25-23-33-11-3-5-13-35(33)28-40)31-48(55-51)41-26-24-34-12-4-6-14-36(34)29-41;1-50(2)43-28-27-40(31-42(43)48-44(50)21-12-22-45(48)51-3)38-18-10-17-37(29-38)39-19-11-20-41(30-39)47-32-46(35-15-8-5-9-16-35)52-49(53-47)36-25-23-34(24-26-36)33-13-6-4-7-14-33/h3-31H,1-2H3;4-32H,1-2H3. The molecule has 0 aliphatic heterocycles. The van der Waals surface area contributed by atoms with Crippen molar-refractivity contribution in [2.45, 2.75) is 38.5 Å². The number of benzene rings is 15. The van der Waals surface area contributed by atoms with Gasteiger partial charge in [0.1, 0.15) is 0 Å². The maximum Gasteiger partial charge on any atom is 0.195 e. The number of fused-ring (bicyclic) bond motifs is 8. The van der Waals surface area contributed by atoms with Gasteiger partial charge in [-0.05, 0) is 177 Å².